The molecule has 0 spiro atoms. The van der Waals surface area contributed by atoms with Crippen molar-refractivity contribution in [3.8, 4) is 0 Å². The van der Waals surface area contributed by atoms with Crippen LogP contribution in [0.25, 0.3) is 0 Å². The van der Waals surface area contributed by atoms with Gasteiger partial charge in [-0.25, -0.2) is 4.98 Å². The van der Waals surface area contributed by atoms with Gasteiger partial charge in [0.15, 0.2) is 5.78 Å². The summed E-state index contributed by atoms with van der Waals surface area (Å²) in [5.74, 6) is -3.38. The summed E-state index contributed by atoms with van der Waals surface area (Å²) >= 11 is 0. The van der Waals surface area contributed by atoms with Crippen LogP contribution in [0.3, 0.4) is 0 Å². The van der Waals surface area contributed by atoms with E-state index in [4.69, 9.17) is 0 Å². The quantitative estimate of drug-likeness (QED) is 0.251. The van der Waals surface area contributed by atoms with E-state index >= 15 is 0 Å². The molecule has 12 heteroatoms. The third-order valence-electron chi connectivity index (χ3n) is 11.1. The summed E-state index contributed by atoms with van der Waals surface area (Å²) in [6.07, 6.45) is 14.1. The van der Waals surface area contributed by atoms with E-state index in [-0.39, 0.29) is 47.6 Å². The van der Waals surface area contributed by atoms with Crippen molar-refractivity contribution < 1.29 is 28.8 Å². The van der Waals surface area contributed by atoms with Crippen LogP contribution < -0.4 is 16.0 Å². The van der Waals surface area contributed by atoms with Crippen molar-refractivity contribution in [1.82, 2.24) is 30.8 Å². The average Bonchev–Trinajstić information content (AvgIpc) is 3.65. The predicted molar refractivity (Wildman–Crippen MR) is 182 cm³/mol. The van der Waals surface area contributed by atoms with Gasteiger partial charge in [-0.2, -0.15) is 0 Å². The molecule has 49 heavy (non-hydrogen) atoms. The standard InChI is InChI=1S/C37H54N6O6/c1-5-10-27(32(45)35(48)40-24-15-16-24)41-34(47)31-25-14-9-13-23(25)21-43(31)36(49)26(37(2,3)4)19-29(44)30(22-11-7-6-8-12-22)42-33(46)28-20-38-17-18-39-28/h17-18,20,22-27,30-31H,5-16,19,21H2,1-4H3,(H,40,48)(H,41,47)(H,42,46)/t23-,25-,26-,27-,30-,31-/m0/s1. The minimum absolute atomic E-state index is 0.0201. The van der Waals surface area contributed by atoms with Gasteiger partial charge in [-0.15, -0.1) is 0 Å². The Kier molecular flexibility index (Phi) is 11.9. The second kappa shape index (κ2) is 15.9. The number of Topliss-reactive ketones (excluding diaryl/α,β-unsaturated/α-hetero) is 2. The van der Waals surface area contributed by atoms with Gasteiger partial charge in [0.1, 0.15) is 11.7 Å². The van der Waals surface area contributed by atoms with Crippen LogP contribution in [0.2, 0.25) is 0 Å². The molecular weight excluding hydrogens is 624 g/mol. The highest BCUT2D eigenvalue weighted by atomic mass is 16.2. The first-order valence-electron chi connectivity index (χ1n) is 18.4. The summed E-state index contributed by atoms with van der Waals surface area (Å²) in [7, 11) is 0. The summed E-state index contributed by atoms with van der Waals surface area (Å²) in [6, 6.07) is -2.51. The van der Waals surface area contributed by atoms with Crippen molar-refractivity contribution in [3.63, 3.8) is 0 Å². The Morgan fingerprint density at radius 1 is 0.918 bits per heavy atom. The van der Waals surface area contributed by atoms with Crippen LogP contribution >= 0.6 is 0 Å². The maximum absolute atomic E-state index is 14.7. The fraction of sp³-hybridized carbons (Fsp3) is 0.730. The SMILES string of the molecule is CCC[C@H](NC(=O)[C@@H]1[C@H]2CCC[C@H]2CN1C(=O)[C@H](CC(=O)[C@@H](NC(=O)c1cnccn1)C1CCCCC1)C(C)(C)C)C(=O)C(=O)NC1CC1. The van der Waals surface area contributed by atoms with E-state index in [0.717, 1.165) is 64.2 Å². The van der Waals surface area contributed by atoms with Crippen molar-refractivity contribution in [3.05, 3.63) is 24.3 Å². The number of fused-ring (bicyclic) bond motifs is 1. The molecule has 2 heterocycles. The van der Waals surface area contributed by atoms with Gasteiger partial charge in [-0.1, -0.05) is 59.8 Å². The molecular formula is C37H54N6O6. The predicted octanol–water partition coefficient (Wildman–Crippen LogP) is 3.54. The third-order valence-corrected chi connectivity index (χ3v) is 11.1. The van der Waals surface area contributed by atoms with Crippen molar-refractivity contribution in [1.29, 1.82) is 0 Å². The van der Waals surface area contributed by atoms with E-state index in [0.29, 0.717) is 19.4 Å². The molecule has 1 aliphatic heterocycles. The molecule has 268 valence electrons. The Bertz CT molecular complexity index is 1390. The van der Waals surface area contributed by atoms with E-state index in [1.807, 2.05) is 27.7 Å². The Balaban J connectivity index is 1.36. The van der Waals surface area contributed by atoms with Gasteiger partial charge in [0.05, 0.1) is 18.3 Å². The molecule has 0 aromatic carbocycles. The normalized spacial score (nSPS) is 24.3. The van der Waals surface area contributed by atoms with E-state index in [9.17, 15) is 28.8 Å². The molecule has 3 saturated carbocycles. The maximum atomic E-state index is 14.7. The van der Waals surface area contributed by atoms with Gasteiger partial charge in [-0.3, -0.25) is 33.8 Å². The minimum Gasteiger partial charge on any atom is -0.347 e. The summed E-state index contributed by atoms with van der Waals surface area (Å²) in [5, 5.41) is 8.57. The van der Waals surface area contributed by atoms with Crippen LogP contribution in [0.15, 0.2) is 18.6 Å². The molecule has 0 unspecified atom stereocenters. The number of nitrogens with zero attached hydrogens (tertiary/aromatic N) is 3. The second-order valence-electron chi connectivity index (χ2n) is 15.8. The Morgan fingerprint density at radius 2 is 1.65 bits per heavy atom. The van der Waals surface area contributed by atoms with Crippen molar-refractivity contribution in [2.45, 2.75) is 135 Å². The molecule has 0 radical (unpaired) electrons. The number of carbonyl (C=O) groups excluding carboxylic acids is 6. The number of hydrogen-bond acceptors (Lipinski definition) is 8. The van der Waals surface area contributed by atoms with Gasteiger partial charge in [0.25, 0.3) is 11.8 Å². The second-order valence-corrected chi connectivity index (χ2v) is 15.8. The highest BCUT2D eigenvalue weighted by Crippen LogP contribution is 2.44. The minimum atomic E-state index is -0.970. The fourth-order valence-corrected chi connectivity index (χ4v) is 8.18. The zero-order valence-corrected chi connectivity index (χ0v) is 29.5. The molecule has 3 N–H and O–H groups in total. The maximum Gasteiger partial charge on any atom is 0.289 e. The molecule has 1 aromatic rings. The number of nitrogens with one attached hydrogen (secondary N) is 3. The lowest BCUT2D eigenvalue weighted by molar-refractivity contribution is -0.148. The lowest BCUT2D eigenvalue weighted by Crippen LogP contribution is -2.56. The van der Waals surface area contributed by atoms with Crippen molar-refractivity contribution in [2.75, 3.05) is 6.54 Å². The molecule has 12 nitrogen and oxygen atoms in total. The first-order valence-corrected chi connectivity index (χ1v) is 18.4. The molecule has 4 fully saturated rings. The molecule has 1 saturated heterocycles. The highest BCUT2D eigenvalue weighted by Gasteiger charge is 2.52. The van der Waals surface area contributed by atoms with Crippen molar-refractivity contribution in [2.24, 2.45) is 29.1 Å². The molecule has 6 atom stereocenters. The first kappa shape index (κ1) is 36.6. The lowest BCUT2D eigenvalue weighted by atomic mass is 9.74. The summed E-state index contributed by atoms with van der Waals surface area (Å²) in [4.78, 5) is 91.7. The largest absolute Gasteiger partial charge is 0.347 e. The summed E-state index contributed by atoms with van der Waals surface area (Å²) < 4.78 is 0. The van der Waals surface area contributed by atoms with Crippen LogP contribution in [0.4, 0.5) is 0 Å². The monoisotopic (exact) mass is 678 g/mol. The third kappa shape index (κ3) is 8.91. The van der Waals surface area contributed by atoms with Crippen LogP contribution in [-0.2, 0) is 24.0 Å². The van der Waals surface area contributed by atoms with Gasteiger partial charge >= 0.3 is 0 Å². The summed E-state index contributed by atoms with van der Waals surface area (Å²) in [6.45, 7) is 8.09. The Morgan fingerprint density at radius 3 is 2.29 bits per heavy atom. The van der Waals surface area contributed by atoms with E-state index in [1.165, 1.54) is 18.6 Å². The van der Waals surface area contributed by atoms with E-state index < -0.39 is 53.0 Å². The van der Waals surface area contributed by atoms with Crippen LogP contribution in [0.5, 0.6) is 0 Å². The van der Waals surface area contributed by atoms with Crippen molar-refractivity contribution >= 4 is 35.2 Å². The number of carbonyl (C=O) groups is 6. The number of aromatic nitrogens is 2. The molecule has 5 rings (SSSR count). The zero-order valence-electron chi connectivity index (χ0n) is 29.5. The number of amides is 4. The van der Waals surface area contributed by atoms with E-state index in [2.05, 4.69) is 25.9 Å². The number of rotatable bonds is 14. The zero-order chi connectivity index (χ0) is 35.3. The van der Waals surface area contributed by atoms with Crippen LogP contribution in [0.1, 0.15) is 122 Å². The molecule has 0 bridgehead atoms. The van der Waals surface area contributed by atoms with Gasteiger partial charge in [0, 0.05) is 37.3 Å². The molecule has 4 amide bonds. The number of likely N-dealkylation sites (tertiary alicyclic amines) is 1. The van der Waals surface area contributed by atoms with Gasteiger partial charge in [0.2, 0.25) is 17.6 Å². The molecule has 3 aliphatic carbocycles. The molecule has 1 aromatic heterocycles. The smallest absolute Gasteiger partial charge is 0.289 e. The van der Waals surface area contributed by atoms with E-state index in [1.54, 1.807) is 4.90 Å². The highest BCUT2D eigenvalue weighted by molar-refractivity contribution is 6.38. The molecule has 4 aliphatic rings. The van der Waals surface area contributed by atoms with Gasteiger partial charge in [-0.05, 0) is 68.1 Å². The topological polar surface area (TPSA) is 168 Å². The van der Waals surface area contributed by atoms with Gasteiger partial charge < -0.3 is 20.9 Å². The summed E-state index contributed by atoms with van der Waals surface area (Å²) in [5.41, 5.74) is -0.499. The first-order chi connectivity index (χ1) is 23.4. The number of hydrogen-bond donors (Lipinski definition) is 3. The lowest BCUT2D eigenvalue weighted by Gasteiger charge is -2.37. The van der Waals surface area contributed by atoms with Crippen LogP contribution in [0, 0.1) is 29.1 Å². The fourth-order valence-electron chi connectivity index (χ4n) is 8.18. The Hall–Kier alpha value is -3.70. The number of ketones is 2. The Labute approximate surface area is 289 Å². The van der Waals surface area contributed by atoms with Crippen LogP contribution in [-0.4, -0.2) is 80.8 Å². The average molecular weight is 679 g/mol.